The molecule has 0 fully saturated rings. The molecule has 0 N–H and O–H groups in total. The fraction of sp³-hybridized carbons (Fsp3) is 0.940. The minimum absolute atomic E-state index is 0.0206. The quantitative estimate of drug-likeness (QED) is 0.0198. The summed E-state index contributed by atoms with van der Waals surface area (Å²) >= 11 is 0. The highest BCUT2D eigenvalue weighted by Crippen LogP contribution is 2.38. The van der Waals surface area contributed by atoms with Crippen LogP contribution < -0.4 is 4.89 Å². The average molecular weight is 858 g/mol. The van der Waals surface area contributed by atoms with Gasteiger partial charge in [-0.1, -0.05) is 226 Å². The first-order valence-electron chi connectivity index (χ1n) is 25.5. The van der Waals surface area contributed by atoms with E-state index in [4.69, 9.17) is 18.5 Å². The lowest BCUT2D eigenvalue weighted by atomic mass is 10.0. The minimum Gasteiger partial charge on any atom is -0.756 e. The van der Waals surface area contributed by atoms with Gasteiger partial charge < -0.3 is 27.9 Å². The Balaban J connectivity index is 4.15. The lowest BCUT2D eigenvalue weighted by Gasteiger charge is -2.28. The Morgan fingerprint density at radius 1 is 0.525 bits per heavy atom. The molecule has 0 aromatic heterocycles. The van der Waals surface area contributed by atoms with E-state index in [1.807, 2.05) is 27.2 Å². The fourth-order valence-electron chi connectivity index (χ4n) is 7.46. The first-order valence-corrected chi connectivity index (χ1v) is 26.9. The molecule has 0 saturated carbocycles. The summed E-state index contributed by atoms with van der Waals surface area (Å²) in [6, 6.07) is 0. The molecule has 8 nitrogen and oxygen atoms in total. The number of phosphoric ester groups is 1. The molecular weight excluding hydrogens is 758 g/mol. The maximum Gasteiger partial charge on any atom is 0.306 e. The summed E-state index contributed by atoms with van der Waals surface area (Å²) in [5.74, 6) is -0.349. The van der Waals surface area contributed by atoms with Gasteiger partial charge in [0.05, 0.1) is 34.0 Å². The molecule has 0 aliphatic heterocycles. The maximum atomic E-state index is 12.7. The molecule has 59 heavy (non-hydrogen) atoms. The molecule has 0 aromatic carbocycles. The van der Waals surface area contributed by atoms with E-state index in [0.717, 1.165) is 32.1 Å². The first kappa shape index (κ1) is 58.1. The molecule has 2 atom stereocenters. The van der Waals surface area contributed by atoms with E-state index < -0.39 is 13.9 Å². The number of allylic oxidation sites excluding steroid dienone is 1. The monoisotopic (exact) mass is 858 g/mol. The highest BCUT2D eigenvalue weighted by Gasteiger charge is 2.20. The van der Waals surface area contributed by atoms with Crippen molar-refractivity contribution in [2.24, 2.45) is 0 Å². The number of nitrogens with zero attached hydrogens (tertiary/aromatic N) is 1. The molecule has 0 aromatic rings. The van der Waals surface area contributed by atoms with Crippen molar-refractivity contribution in [3.8, 4) is 0 Å². The van der Waals surface area contributed by atoms with E-state index in [2.05, 4.69) is 13.8 Å². The number of phosphoric acid groups is 1. The second-order valence-corrected chi connectivity index (χ2v) is 20.0. The molecule has 0 rings (SSSR count). The molecule has 0 bridgehead atoms. The number of quaternary nitrogens is 1. The molecule has 9 heteroatoms. The van der Waals surface area contributed by atoms with Gasteiger partial charge in [-0.05, 0) is 25.3 Å². The van der Waals surface area contributed by atoms with Crippen molar-refractivity contribution in [2.75, 3.05) is 47.5 Å². The minimum atomic E-state index is -4.54. The van der Waals surface area contributed by atoms with Crippen LogP contribution in [0.1, 0.15) is 251 Å². The third-order valence-electron chi connectivity index (χ3n) is 11.4. The maximum absolute atomic E-state index is 12.7. The summed E-state index contributed by atoms with van der Waals surface area (Å²) in [4.78, 5) is 25.1. The number of ether oxygens (including phenoxy) is 2. The van der Waals surface area contributed by atoms with Crippen LogP contribution in [0.25, 0.3) is 0 Å². The van der Waals surface area contributed by atoms with Crippen LogP contribution in [0.4, 0.5) is 0 Å². The van der Waals surface area contributed by atoms with Crippen LogP contribution in [0.5, 0.6) is 0 Å². The molecule has 0 radical (unpaired) electrons. The van der Waals surface area contributed by atoms with Gasteiger partial charge in [0.1, 0.15) is 19.8 Å². The lowest BCUT2D eigenvalue weighted by molar-refractivity contribution is -0.870. The SMILES string of the molecule is CCCCCCCCCCCCCCCCCC/C=C\OC[C@H](COP(=O)([O-])OCC[N+](C)(C)C)OC(=O)CCCCCCCCCCCCCCCCCCCCC. The van der Waals surface area contributed by atoms with Gasteiger partial charge in [0, 0.05) is 6.42 Å². The van der Waals surface area contributed by atoms with Gasteiger partial charge in [-0.2, -0.15) is 0 Å². The summed E-state index contributed by atoms with van der Waals surface area (Å²) in [6.45, 7) is 4.79. The Hall–Kier alpha value is -0.920. The average Bonchev–Trinajstić information content (AvgIpc) is 3.19. The number of likely N-dealkylation sites (N-methyl/N-ethyl adjacent to an activating group) is 1. The van der Waals surface area contributed by atoms with E-state index in [1.54, 1.807) is 6.26 Å². The van der Waals surface area contributed by atoms with E-state index >= 15 is 0 Å². The number of unbranched alkanes of at least 4 members (excludes halogenated alkanes) is 34. The van der Waals surface area contributed by atoms with Gasteiger partial charge in [-0.3, -0.25) is 9.36 Å². The van der Waals surface area contributed by atoms with E-state index in [1.165, 1.54) is 199 Å². The lowest BCUT2D eigenvalue weighted by Crippen LogP contribution is -2.37. The van der Waals surface area contributed by atoms with Crippen molar-refractivity contribution in [1.82, 2.24) is 0 Å². The summed E-state index contributed by atoms with van der Waals surface area (Å²) in [6.07, 6.45) is 50.4. The normalized spacial score (nSPS) is 13.6. The molecular formula is C50H100NO7P. The summed E-state index contributed by atoms with van der Waals surface area (Å²) in [5.41, 5.74) is 0. The second kappa shape index (κ2) is 43.7. The second-order valence-electron chi connectivity index (χ2n) is 18.6. The number of carbonyl (C=O) groups excluding carboxylic acids is 1. The third-order valence-corrected chi connectivity index (χ3v) is 12.4. The van der Waals surface area contributed by atoms with Crippen LogP contribution in [0.15, 0.2) is 12.3 Å². The molecule has 0 spiro atoms. The zero-order valence-corrected chi connectivity index (χ0v) is 40.9. The van der Waals surface area contributed by atoms with Gasteiger partial charge in [0.2, 0.25) is 0 Å². The van der Waals surface area contributed by atoms with Crippen molar-refractivity contribution in [3.05, 3.63) is 12.3 Å². The number of esters is 1. The number of hydrogen-bond acceptors (Lipinski definition) is 7. The van der Waals surface area contributed by atoms with E-state index in [9.17, 15) is 14.3 Å². The zero-order valence-electron chi connectivity index (χ0n) is 40.0. The van der Waals surface area contributed by atoms with Crippen molar-refractivity contribution in [1.29, 1.82) is 0 Å². The van der Waals surface area contributed by atoms with Crippen molar-refractivity contribution in [3.63, 3.8) is 0 Å². The Morgan fingerprint density at radius 3 is 1.25 bits per heavy atom. The fourth-order valence-corrected chi connectivity index (χ4v) is 8.18. The number of hydrogen-bond donors (Lipinski definition) is 0. The van der Waals surface area contributed by atoms with Crippen LogP contribution in [0.3, 0.4) is 0 Å². The largest absolute Gasteiger partial charge is 0.756 e. The van der Waals surface area contributed by atoms with Crippen molar-refractivity contribution < 1.29 is 37.3 Å². The topological polar surface area (TPSA) is 94.1 Å². The van der Waals surface area contributed by atoms with Gasteiger partial charge in [-0.15, -0.1) is 0 Å². The van der Waals surface area contributed by atoms with Gasteiger partial charge >= 0.3 is 5.97 Å². The van der Waals surface area contributed by atoms with Gasteiger partial charge in [0.25, 0.3) is 7.82 Å². The Bertz CT molecular complexity index is 956. The molecule has 0 aliphatic rings. The Kier molecular flexibility index (Phi) is 43.0. The van der Waals surface area contributed by atoms with E-state index in [0.29, 0.717) is 17.4 Å². The van der Waals surface area contributed by atoms with E-state index in [-0.39, 0.29) is 25.8 Å². The number of carbonyl (C=O) groups is 1. The highest BCUT2D eigenvalue weighted by molar-refractivity contribution is 7.45. The first-order chi connectivity index (χ1) is 28.6. The van der Waals surface area contributed by atoms with Crippen LogP contribution in [0, 0.1) is 0 Å². The molecule has 0 amide bonds. The zero-order chi connectivity index (χ0) is 43.4. The molecule has 0 saturated heterocycles. The van der Waals surface area contributed by atoms with Gasteiger partial charge in [0.15, 0.2) is 6.10 Å². The summed E-state index contributed by atoms with van der Waals surface area (Å²) in [5, 5.41) is 0. The standard InChI is InChI=1S/C50H100NO7P/c1-6-8-10-12-14-16-18-20-22-24-26-27-29-31-33-35-37-39-41-43-50(52)58-49(48-57-59(53,54)56-46-44-51(3,4)5)47-55-45-42-40-38-36-34-32-30-28-25-23-21-19-17-15-13-11-9-7-2/h42,45,49H,6-41,43-44,46-48H2,1-5H3/b45-42-/t49-/m1/s1. The number of rotatable bonds is 48. The van der Waals surface area contributed by atoms with Crippen molar-refractivity contribution in [2.45, 2.75) is 258 Å². The summed E-state index contributed by atoms with van der Waals surface area (Å²) < 4.78 is 34.5. The third kappa shape index (κ3) is 48.0. The van der Waals surface area contributed by atoms with Crippen LogP contribution in [0.2, 0.25) is 0 Å². The Morgan fingerprint density at radius 2 is 0.881 bits per heavy atom. The van der Waals surface area contributed by atoms with Crippen molar-refractivity contribution >= 4 is 13.8 Å². The molecule has 0 heterocycles. The summed E-state index contributed by atoms with van der Waals surface area (Å²) in [7, 11) is 1.34. The van der Waals surface area contributed by atoms with Crippen LogP contribution in [-0.4, -0.2) is 64.1 Å². The van der Waals surface area contributed by atoms with Crippen LogP contribution >= 0.6 is 7.82 Å². The van der Waals surface area contributed by atoms with Crippen LogP contribution in [-0.2, 0) is 27.9 Å². The molecule has 352 valence electrons. The highest BCUT2D eigenvalue weighted by atomic mass is 31.2. The molecule has 0 aliphatic carbocycles. The predicted octanol–water partition coefficient (Wildman–Crippen LogP) is 15.1. The molecule has 1 unspecified atom stereocenters. The Labute approximate surface area is 367 Å². The smallest absolute Gasteiger partial charge is 0.306 e. The predicted molar refractivity (Wildman–Crippen MR) is 250 cm³/mol. The van der Waals surface area contributed by atoms with Gasteiger partial charge in [-0.25, -0.2) is 0 Å².